The number of amides is 1. The minimum absolute atomic E-state index is 0.0367. The molecule has 1 N–H and O–H groups in total. The lowest BCUT2D eigenvalue weighted by Gasteiger charge is -2.32. The Morgan fingerprint density at radius 1 is 1.42 bits per heavy atom. The van der Waals surface area contributed by atoms with E-state index in [-0.39, 0.29) is 12.5 Å². The number of carbonyl (C=O) groups is 2. The molecule has 6 nitrogen and oxygen atoms in total. The van der Waals surface area contributed by atoms with Crippen molar-refractivity contribution in [3.05, 3.63) is 45.4 Å². The predicted octanol–water partition coefficient (Wildman–Crippen LogP) is 2.14. The number of aryl methyl sites for hydroxylation is 1. The fourth-order valence-electron chi connectivity index (χ4n) is 3.03. The van der Waals surface area contributed by atoms with E-state index < -0.39 is 12.0 Å². The van der Waals surface area contributed by atoms with Crippen LogP contribution in [0.3, 0.4) is 0 Å². The highest BCUT2D eigenvalue weighted by Crippen LogP contribution is 2.22. The van der Waals surface area contributed by atoms with Crippen LogP contribution in [-0.4, -0.2) is 52.3 Å². The van der Waals surface area contributed by atoms with E-state index in [1.54, 1.807) is 11.3 Å². The summed E-state index contributed by atoms with van der Waals surface area (Å²) >= 11 is 1.67. The van der Waals surface area contributed by atoms with E-state index >= 15 is 0 Å². The van der Waals surface area contributed by atoms with Crippen molar-refractivity contribution in [1.82, 2.24) is 9.47 Å². The summed E-state index contributed by atoms with van der Waals surface area (Å²) in [5, 5.41) is 11.4. The fraction of sp³-hybridized carbons (Fsp3) is 0.412. The van der Waals surface area contributed by atoms with Crippen molar-refractivity contribution < 1.29 is 19.4 Å². The zero-order chi connectivity index (χ0) is 17.3. The highest BCUT2D eigenvalue weighted by molar-refractivity contribution is 7.09. The van der Waals surface area contributed by atoms with Gasteiger partial charge in [-0.05, 0) is 31.4 Å². The molecule has 1 fully saturated rings. The Kier molecular flexibility index (Phi) is 4.73. The van der Waals surface area contributed by atoms with Crippen molar-refractivity contribution in [2.24, 2.45) is 0 Å². The largest absolute Gasteiger partial charge is 0.480 e. The number of rotatable bonds is 4. The average molecular weight is 348 g/mol. The van der Waals surface area contributed by atoms with Gasteiger partial charge in [0, 0.05) is 22.8 Å². The molecule has 0 radical (unpaired) electrons. The van der Waals surface area contributed by atoms with Crippen molar-refractivity contribution in [3.63, 3.8) is 0 Å². The van der Waals surface area contributed by atoms with Gasteiger partial charge >= 0.3 is 5.97 Å². The van der Waals surface area contributed by atoms with Crippen LogP contribution in [0.5, 0.6) is 0 Å². The molecule has 128 valence electrons. The number of carbonyl (C=O) groups excluding carboxylic acids is 1. The number of ether oxygens (including phenoxy) is 1. The van der Waals surface area contributed by atoms with Crippen LogP contribution in [0, 0.1) is 13.8 Å². The van der Waals surface area contributed by atoms with Crippen LogP contribution < -0.4 is 0 Å². The Labute approximate surface area is 144 Å². The molecule has 0 aliphatic carbocycles. The van der Waals surface area contributed by atoms with Crippen molar-refractivity contribution in [3.8, 4) is 0 Å². The maximum absolute atomic E-state index is 12.9. The van der Waals surface area contributed by atoms with Gasteiger partial charge in [0.2, 0.25) is 0 Å². The van der Waals surface area contributed by atoms with Gasteiger partial charge in [0.25, 0.3) is 5.91 Å². The molecule has 24 heavy (non-hydrogen) atoms. The van der Waals surface area contributed by atoms with Crippen LogP contribution in [0.15, 0.2) is 23.6 Å². The van der Waals surface area contributed by atoms with Gasteiger partial charge in [-0.2, -0.15) is 0 Å². The van der Waals surface area contributed by atoms with Crippen molar-refractivity contribution in [2.45, 2.75) is 26.4 Å². The lowest BCUT2D eigenvalue weighted by atomic mass is 10.1. The standard InChI is InChI=1S/C17H20N2O4S/c1-11-8-14(12(2)19(11)9-13-4-3-7-24-13)16(20)18-5-6-23-10-15(18)17(21)22/h3-4,7-8,15H,5-6,9-10H2,1-2H3,(H,21,22). The molecule has 3 rings (SSSR count). The van der Waals surface area contributed by atoms with Gasteiger partial charge < -0.3 is 19.3 Å². The first-order valence-electron chi connectivity index (χ1n) is 7.79. The summed E-state index contributed by atoms with van der Waals surface area (Å²) in [6.45, 7) is 5.28. The molecule has 1 aliphatic heterocycles. The third-order valence-electron chi connectivity index (χ3n) is 4.37. The Bertz CT molecular complexity index is 751. The van der Waals surface area contributed by atoms with Crippen molar-refractivity contribution in [2.75, 3.05) is 19.8 Å². The van der Waals surface area contributed by atoms with Crippen LogP contribution in [0.4, 0.5) is 0 Å². The molecule has 0 bridgehead atoms. The van der Waals surface area contributed by atoms with Gasteiger partial charge in [0.05, 0.1) is 25.3 Å². The summed E-state index contributed by atoms with van der Waals surface area (Å²) in [6, 6.07) is 4.99. The van der Waals surface area contributed by atoms with Gasteiger partial charge in [-0.1, -0.05) is 6.07 Å². The number of aromatic nitrogens is 1. The predicted molar refractivity (Wildman–Crippen MR) is 90.6 cm³/mol. The second-order valence-electron chi connectivity index (χ2n) is 5.88. The Morgan fingerprint density at radius 3 is 2.88 bits per heavy atom. The number of hydrogen-bond donors (Lipinski definition) is 1. The van der Waals surface area contributed by atoms with Gasteiger partial charge in [0.15, 0.2) is 6.04 Å². The highest BCUT2D eigenvalue weighted by atomic mass is 32.1. The first kappa shape index (κ1) is 16.7. The Hall–Kier alpha value is -2.12. The summed E-state index contributed by atoms with van der Waals surface area (Å²) in [5.41, 5.74) is 2.42. The molecule has 1 aliphatic rings. The number of thiophene rings is 1. The number of morpholine rings is 1. The average Bonchev–Trinajstić information content (AvgIpc) is 3.18. The molecular weight excluding hydrogens is 328 g/mol. The van der Waals surface area contributed by atoms with Crippen LogP contribution >= 0.6 is 11.3 Å². The molecule has 1 unspecified atom stereocenters. The van der Waals surface area contributed by atoms with E-state index in [1.165, 1.54) is 9.78 Å². The van der Waals surface area contributed by atoms with Gasteiger partial charge in [-0.15, -0.1) is 11.3 Å². The first-order valence-corrected chi connectivity index (χ1v) is 8.67. The fourth-order valence-corrected chi connectivity index (χ4v) is 3.72. The normalized spacial score (nSPS) is 17.9. The maximum Gasteiger partial charge on any atom is 0.328 e. The molecule has 0 aromatic carbocycles. The summed E-state index contributed by atoms with van der Waals surface area (Å²) in [6.07, 6.45) is 0. The number of nitrogens with zero attached hydrogens (tertiary/aromatic N) is 2. The zero-order valence-corrected chi connectivity index (χ0v) is 14.5. The second kappa shape index (κ2) is 6.78. The van der Waals surface area contributed by atoms with Crippen LogP contribution in [-0.2, 0) is 16.1 Å². The quantitative estimate of drug-likeness (QED) is 0.919. The van der Waals surface area contributed by atoms with E-state index in [9.17, 15) is 14.7 Å². The zero-order valence-electron chi connectivity index (χ0n) is 13.7. The molecule has 1 saturated heterocycles. The summed E-state index contributed by atoms with van der Waals surface area (Å²) in [4.78, 5) is 26.9. The lowest BCUT2D eigenvalue weighted by molar-refractivity contribution is -0.147. The third-order valence-corrected chi connectivity index (χ3v) is 5.23. The van der Waals surface area contributed by atoms with Crippen LogP contribution in [0.2, 0.25) is 0 Å². The molecule has 7 heteroatoms. The van der Waals surface area contributed by atoms with Gasteiger partial charge in [-0.25, -0.2) is 4.79 Å². The number of aliphatic carboxylic acids is 1. The van der Waals surface area contributed by atoms with Crippen LogP contribution in [0.1, 0.15) is 26.6 Å². The van der Waals surface area contributed by atoms with Gasteiger partial charge in [-0.3, -0.25) is 4.79 Å². The number of carboxylic acids is 1. The van der Waals surface area contributed by atoms with E-state index in [2.05, 4.69) is 10.6 Å². The molecule has 2 aromatic rings. The van der Waals surface area contributed by atoms with Crippen LogP contribution in [0.25, 0.3) is 0 Å². The Balaban J connectivity index is 1.88. The Morgan fingerprint density at radius 2 is 2.21 bits per heavy atom. The van der Waals surface area contributed by atoms with E-state index in [4.69, 9.17) is 4.74 Å². The third kappa shape index (κ3) is 3.09. The highest BCUT2D eigenvalue weighted by Gasteiger charge is 2.34. The number of hydrogen-bond acceptors (Lipinski definition) is 4. The first-order chi connectivity index (χ1) is 11.5. The molecule has 2 aromatic heterocycles. The SMILES string of the molecule is Cc1cc(C(=O)N2CCOCC2C(=O)O)c(C)n1Cc1cccs1. The molecule has 3 heterocycles. The smallest absolute Gasteiger partial charge is 0.328 e. The number of carboxylic acid groups (broad SMARTS) is 1. The monoisotopic (exact) mass is 348 g/mol. The molecule has 0 spiro atoms. The maximum atomic E-state index is 12.9. The minimum atomic E-state index is -1.03. The van der Waals surface area contributed by atoms with Crippen molar-refractivity contribution >= 4 is 23.2 Å². The topological polar surface area (TPSA) is 71.8 Å². The van der Waals surface area contributed by atoms with Gasteiger partial charge in [0.1, 0.15) is 0 Å². The molecular formula is C17H20N2O4S. The second-order valence-corrected chi connectivity index (χ2v) is 6.91. The summed E-state index contributed by atoms with van der Waals surface area (Å²) in [7, 11) is 0. The summed E-state index contributed by atoms with van der Waals surface area (Å²) in [5.74, 6) is -1.27. The molecule has 1 amide bonds. The molecule has 0 saturated carbocycles. The lowest BCUT2D eigenvalue weighted by Crippen LogP contribution is -2.52. The minimum Gasteiger partial charge on any atom is -0.480 e. The van der Waals surface area contributed by atoms with Crippen molar-refractivity contribution in [1.29, 1.82) is 0 Å². The molecule has 1 atom stereocenters. The van der Waals surface area contributed by atoms with E-state index in [0.717, 1.165) is 11.4 Å². The van der Waals surface area contributed by atoms with E-state index in [1.807, 2.05) is 31.4 Å². The summed E-state index contributed by atoms with van der Waals surface area (Å²) < 4.78 is 7.30. The van der Waals surface area contributed by atoms with E-state index in [0.29, 0.717) is 25.3 Å².